The van der Waals surface area contributed by atoms with Gasteiger partial charge in [0.2, 0.25) is 0 Å². The number of aromatic nitrogens is 2. The Morgan fingerprint density at radius 1 is 1.14 bits per heavy atom. The van der Waals surface area contributed by atoms with Crippen LogP contribution < -0.4 is 5.32 Å². The zero-order valence-electron chi connectivity index (χ0n) is 11.7. The summed E-state index contributed by atoms with van der Waals surface area (Å²) in [6, 6.07) is 9.28. The lowest BCUT2D eigenvalue weighted by Gasteiger charge is -2.04. The van der Waals surface area contributed by atoms with Crippen LogP contribution in [0.4, 0.5) is 15.3 Å². The van der Waals surface area contributed by atoms with Crippen molar-refractivity contribution >= 4 is 22.3 Å². The molecule has 2 heterocycles. The molecular weight excluding hydrogens is 285 g/mol. The Hall–Kier alpha value is -2.27. The van der Waals surface area contributed by atoms with E-state index in [1.165, 1.54) is 34.7 Å². The predicted molar refractivity (Wildman–Crippen MR) is 84.5 cm³/mol. The minimum absolute atomic E-state index is 0.351. The number of anilines is 2. The molecule has 0 aliphatic carbocycles. The number of rotatable bonds is 3. The van der Waals surface area contributed by atoms with Crippen molar-refractivity contribution < 1.29 is 4.39 Å². The van der Waals surface area contributed by atoms with E-state index in [4.69, 9.17) is 0 Å². The van der Waals surface area contributed by atoms with E-state index in [0.29, 0.717) is 5.82 Å². The highest BCUT2D eigenvalue weighted by molar-refractivity contribution is 7.14. The van der Waals surface area contributed by atoms with E-state index in [0.717, 1.165) is 16.4 Å². The van der Waals surface area contributed by atoms with Gasteiger partial charge in [0.15, 0.2) is 5.13 Å². The zero-order chi connectivity index (χ0) is 14.8. The molecule has 0 atom stereocenters. The first kappa shape index (κ1) is 13.7. The third-order valence-electron chi connectivity index (χ3n) is 3.14. The molecular formula is C16H14FN3S. The number of nitrogens with zero attached hydrogens (tertiary/aromatic N) is 2. The first-order chi connectivity index (χ1) is 10.1. The van der Waals surface area contributed by atoms with Crippen molar-refractivity contribution in [1.29, 1.82) is 0 Å². The minimum atomic E-state index is -0.351. The van der Waals surface area contributed by atoms with Crippen LogP contribution in [0.25, 0.3) is 11.3 Å². The van der Waals surface area contributed by atoms with Gasteiger partial charge in [-0.25, -0.2) is 14.4 Å². The van der Waals surface area contributed by atoms with Crippen molar-refractivity contribution in [3.05, 3.63) is 58.9 Å². The molecule has 3 rings (SSSR count). The molecule has 0 bridgehead atoms. The number of aryl methyl sites for hydroxylation is 2. The summed E-state index contributed by atoms with van der Waals surface area (Å²) in [5, 5.41) is 5.83. The van der Waals surface area contributed by atoms with E-state index >= 15 is 0 Å². The van der Waals surface area contributed by atoms with Crippen LogP contribution in [0.3, 0.4) is 0 Å². The molecule has 0 saturated carbocycles. The topological polar surface area (TPSA) is 37.8 Å². The highest BCUT2D eigenvalue weighted by Gasteiger charge is 2.08. The van der Waals surface area contributed by atoms with Gasteiger partial charge in [-0.3, -0.25) is 0 Å². The van der Waals surface area contributed by atoms with Crippen molar-refractivity contribution in [3.63, 3.8) is 0 Å². The number of hydrogen-bond donors (Lipinski definition) is 1. The van der Waals surface area contributed by atoms with Gasteiger partial charge in [0, 0.05) is 10.9 Å². The van der Waals surface area contributed by atoms with Gasteiger partial charge in [0.1, 0.15) is 11.6 Å². The van der Waals surface area contributed by atoms with E-state index < -0.39 is 0 Å². The normalized spacial score (nSPS) is 10.6. The van der Waals surface area contributed by atoms with Crippen LogP contribution in [0.2, 0.25) is 0 Å². The van der Waals surface area contributed by atoms with Gasteiger partial charge in [-0.05, 0) is 37.6 Å². The van der Waals surface area contributed by atoms with Crippen LogP contribution in [0.5, 0.6) is 0 Å². The molecule has 0 spiro atoms. The van der Waals surface area contributed by atoms with Crippen LogP contribution in [0.1, 0.15) is 11.1 Å². The first-order valence-corrected chi connectivity index (χ1v) is 7.41. The summed E-state index contributed by atoms with van der Waals surface area (Å²) in [7, 11) is 0. The second kappa shape index (κ2) is 5.61. The van der Waals surface area contributed by atoms with Crippen LogP contribution in [-0.4, -0.2) is 9.97 Å². The molecule has 21 heavy (non-hydrogen) atoms. The van der Waals surface area contributed by atoms with Crippen LogP contribution in [0, 0.1) is 19.7 Å². The minimum Gasteiger partial charge on any atom is -0.316 e. The molecule has 5 heteroatoms. The molecule has 0 fully saturated rings. The van der Waals surface area contributed by atoms with Crippen LogP contribution in [0.15, 0.2) is 41.9 Å². The third-order valence-corrected chi connectivity index (χ3v) is 3.89. The van der Waals surface area contributed by atoms with E-state index in [9.17, 15) is 4.39 Å². The quantitative estimate of drug-likeness (QED) is 0.761. The van der Waals surface area contributed by atoms with E-state index in [-0.39, 0.29) is 5.82 Å². The predicted octanol–water partition coefficient (Wildman–Crippen LogP) is 4.70. The van der Waals surface area contributed by atoms with Crippen molar-refractivity contribution in [1.82, 2.24) is 9.97 Å². The number of hydrogen-bond acceptors (Lipinski definition) is 4. The summed E-state index contributed by atoms with van der Waals surface area (Å²) in [5.74, 6) is 0.231. The summed E-state index contributed by atoms with van der Waals surface area (Å²) >= 11 is 1.50. The van der Waals surface area contributed by atoms with Crippen LogP contribution in [-0.2, 0) is 0 Å². The molecule has 3 aromatic rings. The Labute approximate surface area is 126 Å². The number of halogens is 1. The Morgan fingerprint density at radius 3 is 2.76 bits per heavy atom. The third kappa shape index (κ3) is 3.08. The van der Waals surface area contributed by atoms with Gasteiger partial charge in [-0.2, -0.15) is 0 Å². The lowest BCUT2D eigenvalue weighted by Crippen LogP contribution is -1.93. The SMILES string of the molecule is Cc1ccc(C)c(-c2csc(Nc3ccc(F)cn3)n2)c1. The molecule has 0 unspecified atom stereocenters. The molecule has 1 aromatic carbocycles. The Balaban J connectivity index is 1.86. The maximum absolute atomic E-state index is 12.8. The van der Waals surface area contributed by atoms with E-state index in [1.54, 1.807) is 6.07 Å². The fraction of sp³-hybridized carbons (Fsp3) is 0.125. The molecule has 0 amide bonds. The summed E-state index contributed by atoms with van der Waals surface area (Å²) in [6.07, 6.45) is 1.18. The largest absolute Gasteiger partial charge is 0.316 e. The second-order valence-corrected chi connectivity index (χ2v) is 5.70. The number of thiazole rings is 1. The summed E-state index contributed by atoms with van der Waals surface area (Å²) in [6.45, 7) is 4.14. The molecule has 3 nitrogen and oxygen atoms in total. The molecule has 0 radical (unpaired) electrons. The monoisotopic (exact) mass is 299 g/mol. The summed E-state index contributed by atoms with van der Waals surface area (Å²) in [5.41, 5.74) is 4.47. The number of benzene rings is 1. The molecule has 1 N–H and O–H groups in total. The molecule has 106 valence electrons. The van der Waals surface area contributed by atoms with Crippen molar-refractivity contribution in [2.24, 2.45) is 0 Å². The van der Waals surface area contributed by atoms with Gasteiger partial charge in [-0.1, -0.05) is 17.7 Å². The molecule has 2 aromatic heterocycles. The van der Waals surface area contributed by atoms with Crippen LogP contribution >= 0.6 is 11.3 Å². The zero-order valence-corrected chi connectivity index (χ0v) is 12.5. The maximum Gasteiger partial charge on any atom is 0.188 e. The second-order valence-electron chi connectivity index (χ2n) is 4.84. The summed E-state index contributed by atoms with van der Waals surface area (Å²) < 4.78 is 12.8. The smallest absolute Gasteiger partial charge is 0.188 e. The van der Waals surface area contributed by atoms with Gasteiger partial charge in [0.25, 0.3) is 0 Å². The molecule has 0 saturated heterocycles. The van der Waals surface area contributed by atoms with E-state index in [1.807, 2.05) is 5.38 Å². The lowest BCUT2D eigenvalue weighted by molar-refractivity contribution is 0.622. The van der Waals surface area contributed by atoms with Crippen molar-refractivity contribution in [2.45, 2.75) is 13.8 Å². The molecule has 0 aliphatic rings. The Bertz CT molecular complexity index is 765. The van der Waals surface area contributed by atoms with Gasteiger partial charge in [-0.15, -0.1) is 11.3 Å². The lowest BCUT2D eigenvalue weighted by atomic mass is 10.0. The summed E-state index contributed by atoms with van der Waals surface area (Å²) in [4.78, 5) is 8.54. The first-order valence-electron chi connectivity index (χ1n) is 6.53. The van der Waals surface area contributed by atoms with E-state index in [2.05, 4.69) is 47.3 Å². The van der Waals surface area contributed by atoms with Crippen molar-refractivity contribution in [2.75, 3.05) is 5.32 Å². The van der Waals surface area contributed by atoms with Gasteiger partial charge < -0.3 is 5.32 Å². The van der Waals surface area contributed by atoms with Crippen molar-refractivity contribution in [3.8, 4) is 11.3 Å². The highest BCUT2D eigenvalue weighted by Crippen LogP contribution is 2.29. The Kier molecular flexibility index (Phi) is 3.66. The average molecular weight is 299 g/mol. The standard InChI is InChI=1S/C16H14FN3S/c1-10-3-4-11(2)13(7-10)14-9-21-16(19-14)20-15-6-5-12(17)8-18-15/h3-9H,1-2H3,(H,18,19,20). The Morgan fingerprint density at radius 2 is 2.00 bits per heavy atom. The number of pyridine rings is 1. The fourth-order valence-corrected chi connectivity index (χ4v) is 2.74. The highest BCUT2D eigenvalue weighted by atomic mass is 32.1. The van der Waals surface area contributed by atoms with Gasteiger partial charge in [0.05, 0.1) is 11.9 Å². The fourth-order valence-electron chi connectivity index (χ4n) is 2.03. The van der Waals surface area contributed by atoms with Gasteiger partial charge >= 0.3 is 0 Å². The number of nitrogens with one attached hydrogen (secondary N) is 1. The molecule has 0 aliphatic heterocycles. The maximum atomic E-state index is 12.8. The average Bonchev–Trinajstić information content (AvgIpc) is 2.92.